The van der Waals surface area contributed by atoms with Gasteiger partial charge in [-0.15, -0.1) is 0 Å². The largest absolute Gasteiger partial charge is 0.458 e. The second-order valence-corrected chi connectivity index (χ2v) is 13.2. The van der Waals surface area contributed by atoms with Crippen molar-refractivity contribution in [2.24, 2.45) is 0 Å². The van der Waals surface area contributed by atoms with Gasteiger partial charge in [-0.25, -0.2) is 14.5 Å². The van der Waals surface area contributed by atoms with E-state index >= 15 is 0 Å². The standard InChI is InChI=1S/C35H60N3O4S/c1-2-3-4-5-6-7-8-9-10-11-12-13-14-15-16-20-28-41-33-34(42-35-36-23-21-24-37-35)22-31-43(39)32-30-40-29-27-38-25-18-17-19-26-38/h17-19,21,23-26,34H,2-16,20,22,27-33H2,1H3/q+1. The molecule has 7 nitrogen and oxygen atoms in total. The number of ether oxygens (including phenoxy) is 3. The third kappa shape index (κ3) is 22.3. The van der Waals surface area contributed by atoms with E-state index in [0.29, 0.717) is 43.8 Å². The number of unbranched alkanes of at least 4 members (excludes halogenated alkanes) is 15. The topological polar surface area (TPSA) is 74.4 Å². The molecule has 0 fully saturated rings. The molecule has 0 aliphatic heterocycles. The van der Waals surface area contributed by atoms with E-state index < -0.39 is 10.8 Å². The smallest absolute Gasteiger partial charge is 0.316 e. The first kappa shape index (κ1) is 37.3. The summed E-state index contributed by atoms with van der Waals surface area (Å²) in [4.78, 5) is 8.37. The molecule has 0 aliphatic carbocycles. The minimum absolute atomic E-state index is 0.220. The van der Waals surface area contributed by atoms with Gasteiger partial charge in [0.2, 0.25) is 0 Å². The van der Waals surface area contributed by atoms with E-state index in [1.165, 1.54) is 96.3 Å². The number of hydrogen-bond acceptors (Lipinski definition) is 6. The first-order valence-corrected chi connectivity index (χ1v) is 18.6. The molecular formula is C35H60N3O4S+. The number of pyridine rings is 1. The third-order valence-electron chi connectivity index (χ3n) is 7.65. The van der Waals surface area contributed by atoms with Crippen LogP contribution in [0.1, 0.15) is 116 Å². The predicted octanol–water partition coefficient (Wildman–Crippen LogP) is 7.65. The van der Waals surface area contributed by atoms with Crippen molar-refractivity contribution in [3.05, 3.63) is 49.1 Å². The molecule has 0 aliphatic rings. The highest BCUT2D eigenvalue weighted by molar-refractivity contribution is 7.84. The lowest BCUT2D eigenvalue weighted by Gasteiger charge is -2.18. The van der Waals surface area contributed by atoms with Crippen LogP contribution in [0.25, 0.3) is 0 Å². The molecule has 2 aromatic rings. The summed E-state index contributed by atoms with van der Waals surface area (Å²) in [5.74, 6) is 1.06. The van der Waals surface area contributed by atoms with E-state index in [0.717, 1.165) is 19.6 Å². The summed E-state index contributed by atoms with van der Waals surface area (Å²) >= 11 is 0. The Morgan fingerprint density at radius 2 is 1.26 bits per heavy atom. The molecule has 43 heavy (non-hydrogen) atoms. The Hall–Kier alpha value is -1.90. The number of hydrogen-bond donors (Lipinski definition) is 0. The molecule has 244 valence electrons. The summed E-state index contributed by atoms with van der Waals surface area (Å²) < 4.78 is 32.3. The molecule has 0 aromatic carbocycles. The zero-order valence-corrected chi connectivity index (χ0v) is 27.9. The zero-order valence-electron chi connectivity index (χ0n) is 27.0. The Morgan fingerprint density at radius 1 is 0.674 bits per heavy atom. The number of aromatic nitrogens is 3. The molecule has 8 heteroatoms. The molecule has 0 spiro atoms. The fourth-order valence-electron chi connectivity index (χ4n) is 5.01. The van der Waals surface area contributed by atoms with Gasteiger partial charge in [-0.1, -0.05) is 109 Å². The molecule has 2 heterocycles. The molecule has 2 rings (SSSR count). The zero-order chi connectivity index (χ0) is 30.5. The molecule has 0 bridgehead atoms. The minimum Gasteiger partial charge on any atom is -0.458 e. The van der Waals surface area contributed by atoms with Gasteiger partial charge in [0, 0.05) is 53.4 Å². The van der Waals surface area contributed by atoms with Crippen molar-refractivity contribution in [1.29, 1.82) is 0 Å². The second kappa shape index (κ2) is 27.6. The van der Waals surface area contributed by atoms with Crippen LogP contribution in [0, 0.1) is 0 Å². The normalized spacial score (nSPS) is 12.8. The third-order valence-corrected chi connectivity index (χ3v) is 8.97. The highest BCUT2D eigenvalue weighted by Gasteiger charge is 2.15. The predicted molar refractivity (Wildman–Crippen MR) is 177 cm³/mol. The van der Waals surface area contributed by atoms with Crippen LogP contribution in [0.3, 0.4) is 0 Å². The fourth-order valence-corrected chi connectivity index (χ4v) is 6.04. The van der Waals surface area contributed by atoms with Gasteiger partial charge in [-0.05, 0) is 18.9 Å². The first-order valence-electron chi connectivity index (χ1n) is 17.2. The molecule has 0 saturated heterocycles. The van der Waals surface area contributed by atoms with Gasteiger partial charge >= 0.3 is 6.01 Å². The molecule has 0 saturated carbocycles. The lowest BCUT2D eigenvalue weighted by Crippen LogP contribution is -2.35. The summed E-state index contributed by atoms with van der Waals surface area (Å²) in [5.41, 5.74) is 0. The Kier molecular flexibility index (Phi) is 24.0. The maximum absolute atomic E-state index is 12.6. The summed E-state index contributed by atoms with van der Waals surface area (Å²) in [6.45, 7) is 5.35. The van der Waals surface area contributed by atoms with Crippen LogP contribution >= 0.6 is 0 Å². The van der Waals surface area contributed by atoms with Crippen molar-refractivity contribution < 1.29 is 23.0 Å². The summed E-state index contributed by atoms with van der Waals surface area (Å²) in [6.07, 6.45) is 29.5. The van der Waals surface area contributed by atoms with Gasteiger partial charge in [-0.3, -0.25) is 4.21 Å². The van der Waals surface area contributed by atoms with E-state index in [9.17, 15) is 4.21 Å². The van der Waals surface area contributed by atoms with Gasteiger partial charge in [0.1, 0.15) is 12.7 Å². The van der Waals surface area contributed by atoms with Gasteiger partial charge in [0.15, 0.2) is 18.9 Å². The van der Waals surface area contributed by atoms with Gasteiger partial charge in [0.05, 0.1) is 13.2 Å². The van der Waals surface area contributed by atoms with Crippen molar-refractivity contribution >= 4 is 10.8 Å². The highest BCUT2D eigenvalue weighted by atomic mass is 32.2. The van der Waals surface area contributed by atoms with Crippen LogP contribution in [0.5, 0.6) is 6.01 Å². The second-order valence-electron chi connectivity index (χ2n) is 11.5. The Morgan fingerprint density at radius 3 is 1.86 bits per heavy atom. The van der Waals surface area contributed by atoms with Crippen LogP contribution in [-0.2, 0) is 26.8 Å². The monoisotopic (exact) mass is 618 g/mol. The Balaban J connectivity index is 1.46. The SMILES string of the molecule is CCCCCCCCCCCCCCCCCCOCC(CCS(=O)CCOCC[n+]1ccccc1)Oc1ncccn1. The summed E-state index contributed by atoms with van der Waals surface area (Å²) in [5, 5.41) is 0. The number of rotatable bonds is 30. The lowest BCUT2D eigenvalue weighted by atomic mass is 10.0. The van der Waals surface area contributed by atoms with E-state index in [1.807, 2.05) is 30.6 Å². The van der Waals surface area contributed by atoms with Crippen LogP contribution < -0.4 is 9.30 Å². The van der Waals surface area contributed by atoms with Crippen LogP contribution in [0.4, 0.5) is 0 Å². The van der Waals surface area contributed by atoms with Gasteiger partial charge in [0.25, 0.3) is 0 Å². The van der Waals surface area contributed by atoms with Crippen molar-refractivity contribution in [2.45, 2.75) is 129 Å². The van der Waals surface area contributed by atoms with Crippen molar-refractivity contribution in [3.8, 4) is 6.01 Å². The molecule has 0 radical (unpaired) electrons. The Bertz CT molecular complexity index is 891. The van der Waals surface area contributed by atoms with Crippen molar-refractivity contribution in [1.82, 2.24) is 9.97 Å². The average molecular weight is 619 g/mol. The van der Waals surface area contributed by atoms with Crippen molar-refractivity contribution in [2.75, 3.05) is 37.9 Å². The van der Waals surface area contributed by atoms with Crippen LogP contribution in [0.2, 0.25) is 0 Å². The molecule has 2 aromatic heterocycles. The number of nitrogens with zero attached hydrogens (tertiary/aromatic N) is 3. The van der Waals surface area contributed by atoms with E-state index in [2.05, 4.69) is 21.5 Å². The highest BCUT2D eigenvalue weighted by Crippen LogP contribution is 2.14. The molecule has 0 N–H and O–H groups in total. The molecule has 0 amide bonds. The van der Waals surface area contributed by atoms with E-state index in [-0.39, 0.29) is 6.10 Å². The van der Waals surface area contributed by atoms with Crippen LogP contribution in [-0.4, -0.2) is 58.2 Å². The quantitative estimate of drug-likeness (QED) is 0.0662. The van der Waals surface area contributed by atoms with Crippen LogP contribution in [0.15, 0.2) is 49.1 Å². The maximum atomic E-state index is 12.6. The van der Waals surface area contributed by atoms with Gasteiger partial charge in [-0.2, -0.15) is 0 Å². The molecule has 2 unspecified atom stereocenters. The van der Waals surface area contributed by atoms with Crippen molar-refractivity contribution in [3.63, 3.8) is 0 Å². The van der Waals surface area contributed by atoms with E-state index in [1.54, 1.807) is 18.5 Å². The Labute approximate surface area is 265 Å². The first-order chi connectivity index (χ1) is 21.3. The summed E-state index contributed by atoms with van der Waals surface area (Å²) in [7, 11) is -0.975. The maximum Gasteiger partial charge on any atom is 0.316 e. The van der Waals surface area contributed by atoms with Gasteiger partial charge < -0.3 is 14.2 Å². The molecular weight excluding hydrogens is 558 g/mol. The van der Waals surface area contributed by atoms with E-state index in [4.69, 9.17) is 14.2 Å². The summed E-state index contributed by atoms with van der Waals surface area (Å²) in [6, 6.07) is 8.10. The molecule has 2 atom stereocenters. The average Bonchev–Trinajstić information content (AvgIpc) is 3.03. The fraction of sp³-hybridized carbons (Fsp3) is 0.743. The minimum atomic E-state index is -0.975. The lowest BCUT2D eigenvalue weighted by molar-refractivity contribution is -0.698.